The molecule has 1 aliphatic rings. The van der Waals surface area contributed by atoms with Gasteiger partial charge in [-0.25, -0.2) is 0 Å². The largest absolute Gasteiger partial charge is 0.310 e. The third-order valence-corrected chi connectivity index (χ3v) is 12.4. The number of aromatic nitrogens is 1. The standard InChI is InChI=1S/C57H42N2/c1-57(2)53-23-9-6-20-49(53)50-35-34-48(38-54(50)57)58(45-30-26-40(27-31-45)43-17-12-16-42(36-43)39-14-4-3-5-15-39)46-32-28-41(29-33-46)44-18-13-19-47(37-44)59-55-24-10-7-21-51(55)52-22-8-11-25-56(52)59/h3-38H,1-2H3. The van der Waals surface area contributed by atoms with Crippen molar-refractivity contribution >= 4 is 38.9 Å². The Labute approximate surface area is 345 Å². The average Bonchev–Trinajstić information content (AvgIpc) is 3.75. The Morgan fingerprint density at radius 1 is 0.339 bits per heavy atom. The van der Waals surface area contributed by atoms with Crippen LogP contribution in [-0.4, -0.2) is 4.57 Å². The highest BCUT2D eigenvalue weighted by Crippen LogP contribution is 2.50. The molecule has 0 amide bonds. The zero-order valence-corrected chi connectivity index (χ0v) is 33.2. The van der Waals surface area contributed by atoms with E-state index in [0.29, 0.717) is 0 Å². The Morgan fingerprint density at radius 3 is 1.46 bits per heavy atom. The van der Waals surface area contributed by atoms with Crippen LogP contribution in [0, 0.1) is 0 Å². The smallest absolute Gasteiger partial charge is 0.0541 e. The number of hydrogen-bond donors (Lipinski definition) is 0. The maximum absolute atomic E-state index is 2.41. The molecule has 0 spiro atoms. The minimum Gasteiger partial charge on any atom is -0.310 e. The van der Waals surface area contributed by atoms with Crippen LogP contribution < -0.4 is 4.90 Å². The van der Waals surface area contributed by atoms with Crippen LogP contribution >= 0.6 is 0 Å². The summed E-state index contributed by atoms with van der Waals surface area (Å²) >= 11 is 0. The average molecular weight is 755 g/mol. The van der Waals surface area contributed by atoms with Crippen molar-refractivity contribution in [3.05, 3.63) is 230 Å². The summed E-state index contributed by atoms with van der Waals surface area (Å²) in [6.07, 6.45) is 0. The maximum Gasteiger partial charge on any atom is 0.0541 e. The van der Waals surface area contributed by atoms with E-state index in [1.807, 2.05) is 0 Å². The summed E-state index contributed by atoms with van der Waals surface area (Å²) in [6.45, 7) is 4.71. The Bertz CT molecular complexity index is 3120. The predicted molar refractivity (Wildman–Crippen MR) is 249 cm³/mol. The van der Waals surface area contributed by atoms with Crippen molar-refractivity contribution in [2.24, 2.45) is 0 Å². The number of rotatable bonds is 7. The lowest BCUT2D eigenvalue weighted by molar-refractivity contribution is 0.660. The van der Waals surface area contributed by atoms with Crippen molar-refractivity contribution in [3.8, 4) is 50.2 Å². The van der Waals surface area contributed by atoms with E-state index < -0.39 is 0 Å². The number of fused-ring (bicyclic) bond motifs is 6. The normalized spacial score (nSPS) is 12.7. The van der Waals surface area contributed by atoms with Gasteiger partial charge in [0.1, 0.15) is 0 Å². The molecular weight excluding hydrogens is 713 g/mol. The third kappa shape index (κ3) is 5.87. The van der Waals surface area contributed by atoms with E-state index in [1.54, 1.807) is 0 Å². The van der Waals surface area contributed by atoms with Gasteiger partial charge in [0, 0.05) is 38.9 Å². The first-order valence-electron chi connectivity index (χ1n) is 20.5. The summed E-state index contributed by atoms with van der Waals surface area (Å²) in [5.41, 5.74) is 19.4. The van der Waals surface area contributed by atoms with E-state index in [9.17, 15) is 0 Å². The van der Waals surface area contributed by atoms with E-state index in [4.69, 9.17) is 0 Å². The fourth-order valence-corrected chi connectivity index (χ4v) is 9.42. The van der Waals surface area contributed by atoms with E-state index >= 15 is 0 Å². The van der Waals surface area contributed by atoms with Crippen molar-refractivity contribution < 1.29 is 0 Å². The second-order valence-corrected chi connectivity index (χ2v) is 16.2. The number of benzene rings is 9. The minimum atomic E-state index is -0.105. The van der Waals surface area contributed by atoms with E-state index in [2.05, 4.69) is 242 Å². The molecule has 280 valence electrons. The molecule has 9 aromatic carbocycles. The van der Waals surface area contributed by atoms with Crippen LogP contribution in [0.1, 0.15) is 25.0 Å². The van der Waals surface area contributed by atoms with Gasteiger partial charge in [0.25, 0.3) is 0 Å². The van der Waals surface area contributed by atoms with Gasteiger partial charge in [0.2, 0.25) is 0 Å². The molecule has 10 aromatic rings. The fourth-order valence-electron chi connectivity index (χ4n) is 9.42. The van der Waals surface area contributed by atoms with Gasteiger partial charge in [-0.05, 0) is 122 Å². The number of hydrogen-bond acceptors (Lipinski definition) is 1. The number of nitrogens with zero attached hydrogens (tertiary/aromatic N) is 2. The second kappa shape index (κ2) is 13.9. The second-order valence-electron chi connectivity index (χ2n) is 16.2. The molecule has 0 atom stereocenters. The van der Waals surface area contributed by atoms with Crippen LogP contribution in [0.4, 0.5) is 17.1 Å². The van der Waals surface area contributed by atoms with Crippen LogP contribution in [0.3, 0.4) is 0 Å². The van der Waals surface area contributed by atoms with Gasteiger partial charge in [-0.1, -0.05) is 166 Å². The monoisotopic (exact) mass is 754 g/mol. The maximum atomic E-state index is 2.41. The minimum absolute atomic E-state index is 0.105. The summed E-state index contributed by atoms with van der Waals surface area (Å²) in [6, 6.07) is 79.8. The van der Waals surface area contributed by atoms with Gasteiger partial charge >= 0.3 is 0 Å². The molecule has 0 fully saturated rings. The highest BCUT2D eigenvalue weighted by molar-refractivity contribution is 6.09. The van der Waals surface area contributed by atoms with Crippen LogP contribution in [0.2, 0.25) is 0 Å². The summed E-state index contributed by atoms with van der Waals surface area (Å²) in [7, 11) is 0. The third-order valence-electron chi connectivity index (χ3n) is 12.4. The van der Waals surface area contributed by atoms with Gasteiger partial charge in [0.15, 0.2) is 0 Å². The Hall–Kier alpha value is -7.42. The highest BCUT2D eigenvalue weighted by atomic mass is 15.1. The van der Waals surface area contributed by atoms with E-state index in [1.165, 1.54) is 77.4 Å². The first-order valence-corrected chi connectivity index (χ1v) is 20.5. The Balaban J connectivity index is 0.986. The van der Waals surface area contributed by atoms with Gasteiger partial charge < -0.3 is 9.47 Å². The topological polar surface area (TPSA) is 8.17 Å². The molecule has 2 heteroatoms. The molecular formula is C57H42N2. The van der Waals surface area contributed by atoms with Gasteiger partial charge in [0.05, 0.1) is 11.0 Å². The lowest BCUT2D eigenvalue weighted by Crippen LogP contribution is -2.16. The van der Waals surface area contributed by atoms with Crippen molar-refractivity contribution in [1.29, 1.82) is 0 Å². The molecule has 0 radical (unpaired) electrons. The predicted octanol–water partition coefficient (Wildman–Crippen LogP) is 15.6. The molecule has 2 nitrogen and oxygen atoms in total. The van der Waals surface area contributed by atoms with Crippen molar-refractivity contribution in [2.75, 3.05) is 4.90 Å². The molecule has 0 bridgehead atoms. The summed E-state index contributed by atoms with van der Waals surface area (Å²) < 4.78 is 2.39. The molecule has 0 unspecified atom stereocenters. The van der Waals surface area contributed by atoms with Gasteiger partial charge in [-0.2, -0.15) is 0 Å². The molecule has 59 heavy (non-hydrogen) atoms. The SMILES string of the molecule is CC1(C)c2ccccc2-c2ccc(N(c3ccc(-c4cccc(-c5ccccc5)c4)cc3)c3ccc(-c4cccc(-n5c6ccccc6c6ccccc65)c4)cc3)cc21. The number of anilines is 3. The van der Waals surface area contributed by atoms with E-state index in [0.717, 1.165) is 22.7 Å². The first-order chi connectivity index (χ1) is 29.0. The lowest BCUT2D eigenvalue weighted by atomic mass is 9.82. The highest BCUT2D eigenvalue weighted by Gasteiger charge is 2.35. The van der Waals surface area contributed by atoms with Crippen molar-refractivity contribution in [1.82, 2.24) is 4.57 Å². The zero-order valence-electron chi connectivity index (χ0n) is 33.2. The quantitative estimate of drug-likeness (QED) is 0.157. The molecule has 0 saturated carbocycles. The molecule has 11 rings (SSSR count). The van der Waals surface area contributed by atoms with Crippen LogP contribution in [0.5, 0.6) is 0 Å². The Kier molecular flexibility index (Phi) is 8.20. The van der Waals surface area contributed by atoms with Crippen LogP contribution in [0.25, 0.3) is 72.0 Å². The number of para-hydroxylation sites is 2. The van der Waals surface area contributed by atoms with Crippen molar-refractivity contribution in [3.63, 3.8) is 0 Å². The summed E-state index contributed by atoms with van der Waals surface area (Å²) in [4.78, 5) is 2.40. The summed E-state index contributed by atoms with van der Waals surface area (Å²) in [5.74, 6) is 0. The zero-order chi connectivity index (χ0) is 39.5. The molecule has 0 aliphatic heterocycles. The molecule has 0 saturated heterocycles. The van der Waals surface area contributed by atoms with Crippen molar-refractivity contribution in [2.45, 2.75) is 19.3 Å². The molecule has 1 aliphatic carbocycles. The van der Waals surface area contributed by atoms with Gasteiger partial charge in [-0.15, -0.1) is 0 Å². The fraction of sp³-hybridized carbons (Fsp3) is 0.0526. The van der Waals surface area contributed by atoms with Crippen LogP contribution in [-0.2, 0) is 5.41 Å². The molecule has 1 aromatic heterocycles. The van der Waals surface area contributed by atoms with Crippen LogP contribution in [0.15, 0.2) is 218 Å². The van der Waals surface area contributed by atoms with E-state index in [-0.39, 0.29) is 5.41 Å². The molecule has 0 N–H and O–H groups in total. The molecule has 1 heterocycles. The first kappa shape index (κ1) is 34.8. The summed E-state index contributed by atoms with van der Waals surface area (Å²) in [5, 5.41) is 2.54. The lowest BCUT2D eigenvalue weighted by Gasteiger charge is -2.28. The Morgan fingerprint density at radius 2 is 0.814 bits per heavy atom. The van der Waals surface area contributed by atoms with Gasteiger partial charge in [-0.3, -0.25) is 0 Å².